The summed E-state index contributed by atoms with van der Waals surface area (Å²) in [5.41, 5.74) is 7.77. The van der Waals surface area contributed by atoms with Gasteiger partial charge in [-0.15, -0.1) is 12.4 Å². The van der Waals surface area contributed by atoms with Crippen molar-refractivity contribution in [3.8, 4) is 11.5 Å². The van der Waals surface area contributed by atoms with Gasteiger partial charge in [0.15, 0.2) is 11.5 Å². The van der Waals surface area contributed by atoms with E-state index in [1.807, 2.05) is 48.5 Å². The second kappa shape index (κ2) is 7.67. The van der Waals surface area contributed by atoms with E-state index in [0.29, 0.717) is 13.2 Å². The largest absolute Gasteiger partial charge is 0.493 e. The molecule has 0 aliphatic rings. The Bertz CT molecular complexity index is 503. The maximum atomic E-state index is 5.78. The van der Waals surface area contributed by atoms with Crippen molar-refractivity contribution in [1.82, 2.24) is 0 Å². The molecule has 0 saturated carbocycles. The van der Waals surface area contributed by atoms with Gasteiger partial charge in [0.2, 0.25) is 0 Å². The summed E-state index contributed by atoms with van der Waals surface area (Å²) in [5, 5.41) is 0. The monoisotopic (exact) mass is 279 g/mol. The number of benzene rings is 2. The van der Waals surface area contributed by atoms with E-state index in [4.69, 9.17) is 15.2 Å². The lowest BCUT2D eigenvalue weighted by Crippen LogP contribution is -2.01. The Kier molecular flexibility index (Phi) is 6.19. The molecular weight excluding hydrogens is 262 g/mol. The molecule has 0 aliphatic heterocycles. The Morgan fingerprint density at radius 3 is 2.32 bits per heavy atom. The van der Waals surface area contributed by atoms with Gasteiger partial charge in [0.1, 0.15) is 6.61 Å². The van der Waals surface area contributed by atoms with Crippen molar-refractivity contribution in [2.24, 2.45) is 5.73 Å². The molecule has 0 unspecified atom stereocenters. The number of halogens is 1. The van der Waals surface area contributed by atoms with Crippen LogP contribution in [0, 0.1) is 0 Å². The molecule has 0 spiro atoms. The highest BCUT2D eigenvalue weighted by molar-refractivity contribution is 5.85. The number of ether oxygens (including phenoxy) is 2. The third-order valence-electron chi connectivity index (χ3n) is 2.70. The van der Waals surface area contributed by atoms with Crippen molar-refractivity contribution >= 4 is 12.4 Å². The number of rotatable bonds is 5. The number of nitrogens with two attached hydrogens (primary N) is 1. The maximum absolute atomic E-state index is 5.78. The van der Waals surface area contributed by atoms with E-state index in [1.54, 1.807) is 7.11 Å². The van der Waals surface area contributed by atoms with Crippen LogP contribution < -0.4 is 15.2 Å². The first kappa shape index (κ1) is 15.3. The van der Waals surface area contributed by atoms with Crippen LogP contribution >= 0.6 is 12.4 Å². The summed E-state index contributed by atoms with van der Waals surface area (Å²) in [4.78, 5) is 0. The molecule has 0 bridgehead atoms. The minimum Gasteiger partial charge on any atom is -0.493 e. The molecule has 102 valence electrons. The van der Waals surface area contributed by atoms with Crippen LogP contribution in [0.2, 0.25) is 0 Å². The lowest BCUT2D eigenvalue weighted by Gasteiger charge is -2.12. The molecule has 0 saturated heterocycles. The van der Waals surface area contributed by atoms with Crippen LogP contribution in [0.25, 0.3) is 0 Å². The molecule has 2 aromatic rings. The average Bonchev–Trinajstić information content (AvgIpc) is 2.45. The first-order chi connectivity index (χ1) is 8.83. The van der Waals surface area contributed by atoms with Gasteiger partial charge in [-0.05, 0) is 23.3 Å². The summed E-state index contributed by atoms with van der Waals surface area (Å²) in [5.74, 6) is 1.45. The van der Waals surface area contributed by atoms with Gasteiger partial charge < -0.3 is 15.2 Å². The molecule has 0 atom stereocenters. The first-order valence-corrected chi connectivity index (χ1v) is 5.87. The van der Waals surface area contributed by atoms with E-state index in [1.165, 1.54) is 0 Å². The highest BCUT2D eigenvalue weighted by Crippen LogP contribution is 2.28. The standard InChI is InChI=1S/C15H17NO2.ClH/c1-17-14-8-7-13(10-16)9-15(14)18-11-12-5-3-2-4-6-12;/h2-9H,10-11,16H2,1H3;1H. The molecular formula is C15H18ClNO2. The van der Waals surface area contributed by atoms with Crippen LogP contribution in [0.3, 0.4) is 0 Å². The summed E-state index contributed by atoms with van der Waals surface area (Å²) in [7, 11) is 1.63. The van der Waals surface area contributed by atoms with E-state index < -0.39 is 0 Å². The fourth-order valence-corrected chi connectivity index (χ4v) is 1.70. The van der Waals surface area contributed by atoms with E-state index in [9.17, 15) is 0 Å². The first-order valence-electron chi connectivity index (χ1n) is 5.87. The van der Waals surface area contributed by atoms with Crippen LogP contribution in [0.1, 0.15) is 11.1 Å². The molecule has 4 heteroatoms. The maximum Gasteiger partial charge on any atom is 0.161 e. The van der Waals surface area contributed by atoms with Crippen LogP contribution in [0.4, 0.5) is 0 Å². The van der Waals surface area contributed by atoms with Crippen LogP contribution in [0.15, 0.2) is 48.5 Å². The molecule has 0 heterocycles. The van der Waals surface area contributed by atoms with Crippen molar-refractivity contribution in [1.29, 1.82) is 0 Å². The van der Waals surface area contributed by atoms with Gasteiger partial charge in [-0.2, -0.15) is 0 Å². The molecule has 2 N–H and O–H groups in total. The second-order valence-electron chi connectivity index (χ2n) is 3.96. The fourth-order valence-electron chi connectivity index (χ4n) is 1.70. The topological polar surface area (TPSA) is 44.5 Å². The van der Waals surface area contributed by atoms with Crippen LogP contribution in [-0.4, -0.2) is 7.11 Å². The number of hydrogen-bond acceptors (Lipinski definition) is 3. The molecule has 0 fully saturated rings. The smallest absolute Gasteiger partial charge is 0.161 e. The summed E-state index contributed by atoms with van der Waals surface area (Å²) in [6.07, 6.45) is 0. The minimum absolute atomic E-state index is 0. The number of hydrogen-bond donors (Lipinski definition) is 1. The van der Waals surface area contributed by atoms with Crippen molar-refractivity contribution in [2.45, 2.75) is 13.2 Å². The Hall–Kier alpha value is -1.71. The Morgan fingerprint density at radius 1 is 0.947 bits per heavy atom. The highest BCUT2D eigenvalue weighted by atomic mass is 35.5. The van der Waals surface area contributed by atoms with E-state index in [2.05, 4.69) is 0 Å². The van der Waals surface area contributed by atoms with Crippen LogP contribution in [0.5, 0.6) is 11.5 Å². The van der Waals surface area contributed by atoms with Crippen molar-refractivity contribution in [3.63, 3.8) is 0 Å². The van der Waals surface area contributed by atoms with Crippen LogP contribution in [-0.2, 0) is 13.2 Å². The van der Waals surface area contributed by atoms with Gasteiger partial charge >= 0.3 is 0 Å². The lowest BCUT2D eigenvalue weighted by molar-refractivity contribution is 0.284. The normalized spacial score (nSPS) is 9.58. The number of methoxy groups -OCH3 is 1. The van der Waals surface area contributed by atoms with Gasteiger partial charge in [-0.25, -0.2) is 0 Å². The summed E-state index contributed by atoms with van der Waals surface area (Å²) in [6.45, 7) is 1.01. The zero-order chi connectivity index (χ0) is 12.8. The summed E-state index contributed by atoms with van der Waals surface area (Å²) < 4.78 is 11.0. The van der Waals surface area contributed by atoms with Crippen molar-refractivity contribution < 1.29 is 9.47 Å². The summed E-state index contributed by atoms with van der Waals surface area (Å²) >= 11 is 0. The van der Waals surface area contributed by atoms with Gasteiger partial charge in [-0.3, -0.25) is 0 Å². The lowest BCUT2D eigenvalue weighted by atomic mass is 10.2. The minimum atomic E-state index is 0. The molecule has 2 aromatic carbocycles. The molecule has 19 heavy (non-hydrogen) atoms. The van der Waals surface area contributed by atoms with Crippen molar-refractivity contribution in [3.05, 3.63) is 59.7 Å². The quantitative estimate of drug-likeness (QED) is 0.914. The fraction of sp³-hybridized carbons (Fsp3) is 0.200. The zero-order valence-corrected chi connectivity index (χ0v) is 11.7. The molecule has 0 radical (unpaired) electrons. The highest BCUT2D eigenvalue weighted by Gasteiger charge is 2.05. The van der Waals surface area contributed by atoms with Gasteiger partial charge in [0.25, 0.3) is 0 Å². The average molecular weight is 280 g/mol. The molecule has 3 nitrogen and oxygen atoms in total. The van der Waals surface area contributed by atoms with Crippen molar-refractivity contribution in [2.75, 3.05) is 7.11 Å². The molecule has 0 amide bonds. The van der Waals surface area contributed by atoms with Gasteiger partial charge in [-0.1, -0.05) is 36.4 Å². The molecule has 0 aliphatic carbocycles. The summed E-state index contributed by atoms with van der Waals surface area (Å²) in [6, 6.07) is 15.8. The van der Waals surface area contributed by atoms with Gasteiger partial charge in [0.05, 0.1) is 7.11 Å². The predicted octanol–water partition coefficient (Wildman–Crippen LogP) is 3.15. The Balaban J connectivity index is 0.00000180. The second-order valence-corrected chi connectivity index (χ2v) is 3.96. The van der Waals surface area contributed by atoms with E-state index in [-0.39, 0.29) is 12.4 Å². The van der Waals surface area contributed by atoms with Gasteiger partial charge in [0, 0.05) is 6.54 Å². The molecule has 2 rings (SSSR count). The predicted molar refractivity (Wildman–Crippen MR) is 78.9 cm³/mol. The van der Waals surface area contributed by atoms with E-state index >= 15 is 0 Å². The third kappa shape index (κ3) is 4.16. The SMILES string of the molecule is COc1ccc(CN)cc1OCc1ccccc1.Cl. The Morgan fingerprint density at radius 2 is 1.68 bits per heavy atom. The molecule has 0 aromatic heterocycles. The zero-order valence-electron chi connectivity index (χ0n) is 10.8. The Labute approximate surface area is 119 Å². The van der Waals surface area contributed by atoms with E-state index in [0.717, 1.165) is 22.6 Å². The third-order valence-corrected chi connectivity index (χ3v) is 2.70.